The number of nitrogens with one attached hydrogen (secondary N) is 1. The second-order valence-electron chi connectivity index (χ2n) is 6.07. The second-order valence-corrected chi connectivity index (χ2v) is 6.51. The molecule has 0 bridgehead atoms. The van der Waals surface area contributed by atoms with Crippen LogP contribution in [-0.2, 0) is 0 Å². The van der Waals surface area contributed by atoms with Crippen LogP contribution in [-0.4, -0.2) is 54.6 Å². The number of hydrogen-bond donors (Lipinski definition) is 1. The van der Waals surface area contributed by atoms with E-state index in [9.17, 15) is 0 Å². The van der Waals surface area contributed by atoms with Crippen LogP contribution in [0, 0.1) is 0 Å². The molecular formula is C16H24ClN3. The van der Waals surface area contributed by atoms with E-state index >= 15 is 0 Å². The fourth-order valence-electron chi connectivity index (χ4n) is 3.50. The number of anilines is 1. The van der Waals surface area contributed by atoms with Crippen LogP contribution in [0.15, 0.2) is 24.3 Å². The Morgan fingerprint density at radius 2 is 2.25 bits per heavy atom. The Morgan fingerprint density at radius 1 is 1.35 bits per heavy atom. The third-order valence-corrected chi connectivity index (χ3v) is 4.85. The molecule has 1 aromatic carbocycles. The highest BCUT2D eigenvalue weighted by Gasteiger charge is 2.33. The summed E-state index contributed by atoms with van der Waals surface area (Å²) < 4.78 is 0. The monoisotopic (exact) mass is 293 g/mol. The quantitative estimate of drug-likeness (QED) is 0.921. The summed E-state index contributed by atoms with van der Waals surface area (Å²) in [6, 6.07) is 9.44. The van der Waals surface area contributed by atoms with Crippen molar-refractivity contribution >= 4 is 17.3 Å². The molecule has 0 saturated carbocycles. The number of halogens is 1. The Balaban J connectivity index is 1.48. The molecule has 3 rings (SSSR count). The molecule has 2 heterocycles. The summed E-state index contributed by atoms with van der Waals surface area (Å²) in [7, 11) is 0. The summed E-state index contributed by atoms with van der Waals surface area (Å²) in [5.74, 6) is 0. The summed E-state index contributed by atoms with van der Waals surface area (Å²) in [6.07, 6.45) is 2.76. The first-order chi connectivity index (χ1) is 9.72. The van der Waals surface area contributed by atoms with Crippen molar-refractivity contribution in [3.05, 3.63) is 29.3 Å². The van der Waals surface area contributed by atoms with E-state index in [2.05, 4.69) is 28.1 Å². The van der Waals surface area contributed by atoms with E-state index in [4.69, 9.17) is 11.6 Å². The van der Waals surface area contributed by atoms with Gasteiger partial charge < -0.3 is 5.32 Å². The zero-order chi connectivity index (χ0) is 13.9. The van der Waals surface area contributed by atoms with Crippen LogP contribution in [0.2, 0.25) is 5.02 Å². The molecule has 2 aliphatic heterocycles. The molecule has 0 spiro atoms. The van der Waals surface area contributed by atoms with Crippen LogP contribution in [0.4, 0.5) is 5.69 Å². The van der Waals surface area contributed by atoms with Crippen LogP contribution in [0.3, 0.4) is 0 Å². The molecule has 2 unspecified atom stereocenters. The van der Waals surface area contributed by atoms with E-state index < -0.39 is 0 Å². The molecule has 0 radical (unpaired) electrons. The highest BCUT2D eigenvalue weighted by atomic mass is 35.5. The molecule has 0 aliphatic carbocycles. The van der Waals surface area contributed by atoms with Crippen LogP contribution >= 0.6 is 11.6 Å². The Hall–Kier alpha value is -0.770. The first kappa shape index (κ1) is 14.2. The van der Waals surface area contributed by atoms with Gasteiger partial charge in [-0.3, -0.25) is 9.80 Å². The van der Waals surface area contributed by atoms with Crippen molar-refractivity contribution in [1.82, 2.24) is 9.80 Å². The molecule has 1 N–H and O–H groups in total. The summed E-state index contributed by atoms with van der Waals surface area (Å²) >= 11 is 6.00. The van der Waals surface area contributed by atoms with Crippen molar-refractivity contribution in [2.45, 2.75) is 31.8 Å². The molecule has 2 atom stereocenters. The van der Waals surface area contributed by atoms with Crippen molar-refractivity contribution in [3.8, 4) is 0 Å². The number of benzene rings is 1. The molecule has 0 aromatic heterocycles. The fourth-order valence-corrected chi connectivity index (χ4v) is 3.69. The lowest BCUT2D eigenvalue weighted by Gasteiger charge is -2.42. The molecule has 3 nitrogen and oxygen atoms in total. The van der Waals surface area contributed by atoms with Gasteiger partial charge in [0.15, 0.2) is 0 Å². The number of piperazine rings is 1. The van der Waals surface area contributed by atoms with Crippen molar-refractivity contribution in [2.75, 3.05) is 38.0 Å². The van der Waals surface area contributed by atoms with E-state index in [0.29, 0.717) is 6.04 Å². The molecular weight excluding hydrogens is 270 g/mol. The standard InChI is InChI=1S/C16H24ClN3/c1-13-11-20-8-3-6-16(20)12-19(13)9-7-18-15-5-2-4-14(17)10-15/h2,4-5,10,13,16,18H,3,6-9,11-12H2,1H3. The first-order valence-electron chi connectivity index (χ1n) is 7.70. The number of rotatable bonds is 4. The summed E-state index contributed by atoms with van der Waals surface area (Å²) in [5.41, 5.74) is 1.12. The predicted octanol–water partition coefficient (Wildman–Crippen LogP) is 2.92. The highest BCUT2D eigenvalue weighted by molar-refractivity contribution is 6.30. The van der Waals surface area contributed by atoms with E-state index in [-0.39, 0.29) is 0 Å². The number of hydrogen-bond acceptors (Lipinski definition) is 3. The Kier molecular flexibility index (Phi) is 4.49. The van der Waals surface area contributed by atoms with Crippen molar-refractivity contribution in [1.29, 1.82) is 0 Å². The third-order valence-electron chi connectivity index (χ3n) is 4.62. The summed E-state index contributed by atoms with van der Waals surface area (Å²) in [6.45, 7) is 8.23. The molecule has 4 heteroatoms. The van der Waals surface area contributed by atoms with Crippen molar-refractivity contribution in [2.24, 2.45) is 0 Å². The van der Waals surface area contributed by atoms with Gasteiger partial charge in [-0.1, -0.05) is 17.7 Å². The largest absolute Gasteiger partial charge is 0.384 e. The molecule has 1 aromatic rings. The maximum absolute atomic E-state index is 6.00. The van der Waals surface area contributed by atoms with E-state index in [0.717, 1.165) is 29.8 Å². The maximum atomic E-state index is 6.00. The number of fused-ring (bicyclic) bond motifs is 1. The van der Waals surface area contributed by atoms with Gasteiger partial charge in [0, 0.05) is 49.0 Å². The van der Waals surface area contributed by atoms with E-state index in [1.165, 1.54) is 32.5 Å². The highest BCUT2D eigenvalue weighted by Crippen LogP contribution is 2.24. The van der Waals surface area contributed by atoms with Crippen LogP contribution in [0.25, 0.3) is 0 Å². The first-order valence-corrected chi connectivity index (χ1v) is 8.08. The fraction of sp³-hybridized carbons (Fsp3) is 0.625. The smallest absolute Gasteiger partial charge is 0.0426 e. The SMILES string of the molecule is CC1CN2CCCC2CN1CCNc1cccc(Cl)c1. The van der Waals surface area contributed by atoms with Gasteiger partial charge in [0.25, 0.3) is 0 Å². The third kappa shape index (κ3) is 3.27. The van der Waals surface area contributed by atoms with E-state index in [1.807, 2.05) is 18.2 Å². The summed E-state index contributed by atoms with van der Waals surface area (Å²) in [4.78, 5) is 5.30. The molecule has 2 saturated heterocycles. The van der Waals surface area contributed by atoms with Crippen molar-refractivity contribution < 1.29 is 0 Å². The normalized spacial score (nSPS) is 27.5. The van der Waals surface area contributed by atoms with Crippen LogP contribution < -0.4 is 5.32 Å². The maximum Gasteiger partial charge on any atom is 0.0426 e. The Labute approximate surface area is 126 Å². The second kappa shape index (κ2) is 6.33. The lowest BCUT2D eigenvalue weighted by molar-refractivity contribution is 0.0627. The van der Waals surface area contributed by atoms with Gasteiger partial charge in [0.1, 0.15) is 0 Å². The topological polar surface area (TPSA) is 18.5 Å². The average molecular weight is 294 g/mol. The molecule has 0 amide bonds. The van der Waals surface area contributed by atoms with Gasteiger partial charge in [-0.2, -0.15) is 0 Å². The summed E-state index contributed by atoms with van der Waals surface area (Å²) in [5, 5.41) is 4.27. The van der Waals surface area contributed by atoms with Gasteiger partial charge in [-0.05, 0) is 44.5 Å². The molecule has 110 valence electrons. The minimum absolute atomic E-state index is 0.672. The van der Waals surface area contributed by atoms with E-state index in [1.54, 1.807) is 0 Å². The Morgan fingerprint density at radius 3 is 3.10 bits per heavy atom. The zero-order valence-electron chi connectivity index (χ0n) is 12.2. The molecule has 2 aliphatic rings. The zero-order valence-corrected chi connectivity index (χ0v) is 12.9. The minimum atomic E-state index is 0.672. The predicted molar refractivity (Wildman–Crippen MR) is 85.6 cm³/mol. The van der Waals surface area contributed by atoms with Gasteiger partial charge >= 0.3 is 0 Å². The van der Waals surface area contributed by atoms with Gasteiger partial charge in [-0.25, -0.2) is 0 Å². The molecule has 20 heavy (non-hydrogen) atoms. The van der Waals surface area contributed by atoms with Crippen molar-refractivity contribution in [3.63, 3.8) is 0 Å². The lowest BCUT2D eigenvalue weighted by atomic mass is 10.1. The minimum Gasteiger partial charge on any atom is -0.384 e. The average Bonchev–Trinajstić information content (AvgIpc) is 2.86. The van der Waals surface area contributed by atoms with Crippen LogP contribution in [0.5, 0.6) is 0 Å². The Bertz CT molecular complexity index is 451. The lowest BCUT2D eigenvalue weighted by Crippen LogP contribution is -2.55. The van der Waals surface area contributed by atoms with Crippen LogP contribution in [0.1, 0.15) is 19.8 Å². The van der Waals surface area contributed by atoms with Gasteiger partial charge in [-0.15, -0.1) is 0 Å². The van der Waals surface area contributed by atoms with Gasteiger partial charge in [0.2, 0.25) is 0 Å². The molecule has 2 fully saturated rings. The van der Waals surface area contributed by atoms with Gasteiger partial charge in [0.05, 0.1) is 0 Å². The number of nitrogens with zero attached hydrogens (tertiary/aromatic N) is 2.